The van der Waals surface area contributed by atoms with Crippen LogP contribution >= 0.6 is 11.3 Å². The van der Waals surface area contributed by atoms with Gasteiger partial charge in [0.2, 0.25) is 11.6 Å². The van der Waals surface area contributed by atoms with Crippen molar-refractivity contribution in [3.63, 3.8) is 0 Å². The summed E-state index contributed by atoms with van der Waals surface area (Å²) >= 11 is 1.37. The van der Waals surface area contributed by atoms with Crippen molar-refractivity contribution in [3.8, 4) is 0 Å². The van der Waals surface area contributed by atoms with Crippen LogP contribution in [0, 0.1) is 0 Å². The van der Waals surface area contributed by atoms with E-state index < -0.39 is 11.6 Å². The van der Waals surface area contributed by atoms with Gasteiger partial charge in [0.05, 0.1) is 5.69 Å². The van der Waals surface area contributed by atoms with E-state index >= 15 is 0 Å². The molecule has 1 N–H and O–H groups in total. The van der Waals surface area contributed by atoms with Gasteiger partial charge in [0.15, 0.2) is 5.13 Å². The van der Waals surface area contributed by atoms with Gasteiger partial charge in [-0.3, -0.25) is 19.7 Å². The molecule has 1 aromatic heterocycles. The number of Topliss-reactive ketones (excluding diaryl/α,β-unsaturated/α-hetero) is 2. The maximum atomic E-state index is 12.4. The molecule has 5 nitrogen and oxygen atoms in total. The molecule has 2 aromatic carbocycles. The number of carbonyl (C=O) groups excluding carboxylic acids is 3. The van der Waals surface area contributed by atoms with Crippen molar-refractivity contribution in [1.29, 1.82) is 0 Å². The normalized spacial score (nSPS) is 11.1. The Morgan fingerprint density at radius 2 is 1.36 bits per heavy atom. The van der Waals surface area contributed by atoms with Crippen molar-refractivity contribution < 1.29 is 14.4 Å². The first-order chi connectivity index (χ1) is 13.3. The lowest BCUT2D eigenvalue weighted by Gasteiger charge is -2.14. The highest BCUT2D eigenvalue weighted by Gasteiger charge is 2.20. The fourth-order valence-electron chi connectivity index (χ4n) is 2.47. The quantitative estimate of drug-likeness (QED) is 0.502. The number of hydrogen-bond acceptors (Lipinski definition) is 5. The summed E-state index contributed by atoms with van der Waals surface area (Å²) in [6.45, 7) is 6.17. The minimum Gasteiger partial charge on any atom is -0.298 e. The van der Waals surface area contributed by atoms with Gasteiger partial charge in [0, 0.05) is 27.5 Å². The summed E-state index contributed by atoms with van der Waals surface area (Å²) in [7, 11) is 0. The molecule has 0 spiro atoms. The number of anilines is 1. The van der Waals surface area contributed by atoms with Crippen LogP contribution in [0.25, 0.3) is 0 Å². The van der Waals surface area contributed by atoms with Crippen molar-refractivity contribution >= 4 is 33.9 Å². The van der Waals surface area contributed by atoms with Gasteiger partial charge in [-0.2, -0.15) is 0 Å². The van der Waals surface area contributed by atoms with Gasteiger partial charge < -0.3 is 0 Å². The molecular formula is C22H20N2O3S. The van der Waals surface area contributed by atoms with Crippen LogP contribution in [0.1, 0.15) is 57.5 Å². The Morgan fingerprint density at radius 1 is 0.821 bits per heavy atom. The van der Waals surface area contributed by atoms with Crippen molar-refractivity contribution in [1.82, 2.24) is 4.98 Å². The third-order valence-corrected chi connectivity index (χ3v) is 4.90. The average molecular weight is 392 g/mol. The molecule has 28 heavy (non-hydrogen) atoms. The van der Waals surface area contributed by atoms with Gasteiger partial charge in [-0.25, -0.2) is 4.98 Å². The van der Waals surface area contributed by atoms with E-state index in [1.807, 2.05) is 5.38 Å². The maximum absolute atomic E-state index is 12.4. The number of aromatic nitrogens is 1. The SMILES string of the molecule is CC(C)(C)c1csc(NC(=O)c2ccc(C(=O)C(=O)c3ccccc3)cc2)n1. The van der Waals surface area contributed by atoms with Gasteiger partial charge in [-0.15, -0.1) is 11.3 Å². The first-order valence-corrected chi connectivity index (χ1v) is 9.65. The number of nitrogens with zero attached hydrogens (tertiary/aromatic N) is 1. The molecule has 142 valence electrons. The Balaban J connectivity index is 1.70. The fraction of sp³-hybridized carbons (Fsp3) is 0.182. The van der Waals surface area contributed by atoms with E-state index in [0.717, 1.165) is 5.69 Å². The van der Waals surface area contributed by atoms with Crippen molar-refractivity contribution in [3.05, 3.63) is 82.4 Å². The molecule has 0 fully saturated rings. The van der Waals surface area contributed by atoms with E-state index in [0.29, 0.717) is 16.3 Å². The Hall–Kier alpha value is -3.12. The number of thiazole rings is 1. The molecule has 0 saturated heterocycles. The van der Waals surface area contributed by atoms with E-state index in [2.05, 4.69) is 31.1 Å². The first kappa shape index (κ1) is 19.6. The second kappa shape index (κ2) is 7.86. The summed E-state index contributed by atoms with van der Waals surface area (Å²) in [4.78, 5) is 41.5. The molecule has 0 saturated carbocycles. The largest absolute Gasteiger partial charge is 0.298 e. The lowest BCUT2D eigenvalue weighted by Crippen LogP contribution is -2.16. The van der Waals surface area contributed by atoms with Crippen molar-refractivity contribution in [2.75, 3.05) is 5.32 Å². The lowest BCUT2D eigenvalue weighted by molar-refractivity contribution is 0.0817. The molecule has 0 atom stereocenters. The number of ketones is 2. The molecule has 0 unspecified atom stereocenters. The Bertz CT molecular complexity index is 1020. The summed E-state index contributed by atoms with van der Waals surface area (Å²) < 4.78 is 0. The summed E-state index contributed by atoms with van der Waals surface area (Å²) in [5, 5.41) is 5.21. The number of rotatable bonds is 5. The Labute approximate surface area is 167 Å². The van der Waals surface area contributed by atoms with Crippen LogP contribution in [0.2, 0.25) is 0 Å². The number of amides is 1. The van der Waals surface area contributed by atoms with Crippen LogP contribution in [0.4, 0.5) is 5.13 Å². The summed E-state index contributed by atoms with van der Waals surface area (Å²) in [6, 6.07) is 14.4. The highest BCUT2D eigenvalue weighted by molar-refractivity contribution is 7.14. The standard InChI is InChI=1S/C22H20N2O3S/c1-22(2,3)17-13-28-21(23-17)24-20(27)16-11-9-15(10-12-16)19(26)18(25)14-7-5-4-6-8-14/h4-13H,1-3H3,(H,23,24,27). The highest BCUT2D eigenvalue weighted by atomic mass is 32.1. The van der Waals surface area contributed by atoms with E-state index in [1.54, 1.807) is 30.3 Å². The average Bonchev–Trinajstić information content (AvgIpc) is 3.16. The third-order valence-electron chi connectivity index (χ3n) is 4.14. The minimum absolute atomic E-state index is 0.0905. The monoisotopic (exact) mass is 392 g/mol. The summed E-state index contributed by atoms with van der Waals surface area (Å²) in [5.74, 6) is -1.49. The van der Waals surface area contributed by atoms with E-state index in [9.17, 15) is 14.4 Å². The van der Waals surface area contributed by atoms with E-state index in [1.165, 1.54) is 35.6 Å². The number of hydrogen-bond donors (Lipinski definition) is 1. The van der Waals surface area contributed by atoms with E-state index in [-0.39, 0.29) is 16.9 Å². The molecule has 6 heteroatoms. The molecule has 0 aliphatic heterocycles. The predicted octanol–water partition coefficient (Wildman–Crippen LogP) is 4.76. The maximum Gasteiger partial charge on any atom is 0.257 e. The van der Waals surface area contributed by atoms with Crippen molar-refractivity contribution in [2.45, 2.75) is 26.2 Å². The summed E-state index contributed by atoms with van der Waals surface area (Å²) in [5.41, 5.74) is 1.79. The smallest absolute Gasteiger partial charge is 0.257 e. The molecule has 1 heterocycles. The lowest BCUT2D eigenvalue weighted by atomic mass is 9.93. The van der Waals surface area contributed by atoms with Crippen LogP contribution in [-0.2, 0) is 5.41 Å². The molecule has 0 bridgehead atoms. The van der Waals surface area contributed by atoms with Gasteiger partial charge in [0.1, 0.15) is 0 Å². The minimum atomic E-state index is -0.604. The van der Waals surface area contributed by atoms with Crippen LogP contribution in [0.15, 0.2) is 60.0 Å². The molecule has 0 aliphatic rings. The molecule has 3 rings (SSSR count). The van der Waals surface area contributed by atoms with Crippen LogP contribution in [0.5, 0.6) is 0 Å². The van der Waals surface area contributed by atoms with Crippen LogP contribution in [-0.4, -0.2) is 22.5 Å². The van der Waals surface area contributed by atoms with Gasteiger partial charge >= 0.3 is 0 Å². The zero-order chi connectivity index (χ0) is 20.3. The topological polar surface area (TPSA) is 76.1 Å². The second-order valence-electron chi connectivity index (χ2n) is 7.34. The molecule has 0 radical (unpaired) electrons. The van der Waals surface area contributed by atoms with Gasteiger partial charge in [0.25, 0.3) is 5.91 Å². The number of nitrogens with one attached hydrogen (secondary N) is 1. The zero-order valence-electron chi connectivity index (χ0n) is 15.9. The third kappa shape index (κ3) is 4.40. The summed E-state index contributed by atoms with van der Waals surface area (Å²) in [6.07, 6.45) is 0. The Morgan fingerprint density at radius 3 is 1.89 bits per heavy atom. The first-order valence-electron chi connectivity index (χ1n) is 8.77. The van der Waals surface area contributed by atoms with Gasteiger partial charge in [-0.05, 0) is 12.1 Å². The zero-order valence-corrected chi connectivity index (χ0v) is 16.7. The number of carbonyl (C=O) groups is 3. The van der Waals surface area contributed by atoms with E-state index in [4.69, 9.17) is 0 Å². The van der Waals surface area contributed by atoms with Crippen LogP contribution in [0.3, 0.4) is 0 Å². The molecule has 1 amide bonds. The van der Waals surface area contributed by atoms with Gasteiger partial charge in [-0.1, -0.05) is 63.2 Å². The highest BCUT2D eigenvalue weighted by Crippen LogP contribution is 2.26. The van der Waals surface area contributed by atoms with Crippen molar-refractivity contribution in [2.24, 2.45) is 0 Å². The fourth-order valence-corrected chi connectivity index (χ4v) is 3.40. The predicted molar refractivity (Wildman–Crippen MR) is 110 cm³/mol. The Kier molecular flexibility index (Phi) is 5.51. The second-order valence-corrected chi connectivity index (χ2v) is 8.20. The van der Waals surface area contributed by atoms with Crippen LogP contribution < -0.4 is 5.32 Å². The molecule has 3 aromatic rings. The molecule has 0 aliphatic carbocycles. The molecular weight excluding hydrogens is 372 g/mol. The number of benzene rings is 2.